The summed E-state index contributed by atoms with van der Waals surface area (Å²) in [5, 5.41) is 2.77. The summed E-state index contributed by atoms with van der Waals surface area (Å²) in [4.78, 5) is 12.6. The number of methoxy groups -OCH3 is 2. The van der Waals surface area contributed by atoms with E-state index in [0.29, 0.717) is 12.3 Å². The number of hydrogen-bond acceptors (Lipinski definition) is 5. The van der Waals surface area contributed by atoms with Crippen molar-refractivity contribution >= 4 is 21.6 Å². The highest BCUT2D eigenvalue weighted by atomic mass is 32.2. The van der Waals surface area contributed by atoms with E-state index in [9.17, 15) is 13.2 Å². The molecule has 7 nitrogen and oxygen atoms in total. The van der Waals surface area contributed by atoms with Crippen molar-refractivity contribution in [1.82, 2.24) is 5.32 Å². The summed E-state index contributed by atoms with van der Waals surface area (Å²) in [5.41, 5.74) is 2.25. The van der Waals surface area contributed by atoms with Gasteiger partial charge in [-0.3, -0.25) is 9.10 Å². The Labute approximate surface area is 179 Å². The Morgan fingerprint density at radius 3 is 2.37 bits per heavy atom. The van der Waals surface area contributed by atoms with E-state index in [-0.39, 0.29) is 23.2 Å². The zero-order chi connectivity index (χ0) is 22.3. The van der Waals surface area contributed by atoms with Gasteiger partial charge in [0.05, 0.1) is 19.4 Å². The van der Waals surface area contributed by atoms with E-state index in [1.165, 1.54) is 7.11 Å². The Kier molecular flexibility index (Phi) is 8.25. The third-order valence-electron chi connectivity index (χ3n) is 4.63. The summed E-state index contributed by atoms with van der Waals surface area (Å²) in [6.07, 6.45) is 0.827. The van der Waals surface area contributed by atoms with Gasteiger partial charge in [0.15, 0.2) is 0 Å². The fourth-order valence-corrected chi connectivity index (χ4v) is 4.72. The largest absolute Gasteiger partial charge is 0.495 e. The summed E-state index contributed by atoms with van der Waals surface area (Å²) >= 11 is 0. The third-order valence-corrected chi connectivity index (χ3v) is 6.43. The van der Waals surface area contributed by atoms with E-state index in [0.717, 1.165) is 21.9 Å². The number of nitrogens with zero attached hydrogens (tertiary/aromatic N) is 1. The van der Waals surface area contributed by atoms with E-state index in [2.05, 4.69) is 5.32 Å². The molecule has 2 rings (SSSR count). The van der Waals surface area contributed by atoms with Crippen LogP contribution in [0.3, 0.4) is 0 Å². The summed E-state index contributed by atoms with van der Waals surface area (Å²) in [7, 11) is -1.11. The van der Waals surface area contributed by atoms with Gasteiger partial charge in [-0.1, -0.05) is 25.1 Å². The fourth-order valence-electron chi connectivity index (χ4n) is 3.06. The molecule has 0 aliphatic rings. The van der Waals surface area contributed by atoms with Gasteiger partial charge in [-0.2, -0.15) is 0 Å². The van der Waals surface area contributed by atoms with E-state index in [1.807, 2.05) is 19.1 Å². The number of anilines is 1. The SMILES string of the molecule is CCc1ccc(N(CC(=O)N[C@H](C)COC)S(=O)(=O)c2cc(C)ccc2OC)cc1. The molecule has 0 spiro atoms. The molecule has 1 atom stereocenters. The van der Waals surface area contributed by atoms with Crippen LogP contribution in [0.4, 0.5) is 5.69 Å². The Hall–Kier alpha value is -2.58. The maximum absolute atomic E-state index is 13.6. The number of rotatable bonds is 10. The van der Waals surface area contributed by atoms with Crippen LogP contribution in [0, 0.1) is 6.92 Å². The molecule has 1 amide bonds. The lowest BCUT2D eigenvalue weighted by Gasteiger charge is -2.26. The van der Waals surface area contributed by atoms with Gasteiger partial charge in [0, 0.05) is 13.2 Å². The molecule has 2 aromatic rings. The Morgan fingerprint density at radius 2 is 1.80 bits per heavy atom. The van der Waals surface area contributed by atoms with Crippen molar-refractivity contribution in [3.63, 3.8) is 0 Å². The molecule has 0 bridgehead atoms. The Morgan fingerprint density at radius 1 is 1.13 bits per heavy atom. The highest BCUT2D eigenvalue weighted by molar-refractivity contribution is 7.93. The van der Waals surface area contributed by atoms with Gasteiger partial charge in [-0.15, -0.1) is 0 Å². The summed E-state index contributed by atoms with van der Waals surface area (Å²) in [6, 6.07) is 11.8. The first-order chi connectivity index (χ1) is 14.2. The molecule has 30 heavy (non-hydrogen) atoms. The zero-order valence-corrected chi connectivity index (χ0v) is 19.0. The van der Waals surface area contributed by atoms with Crippen LogP contribution in [0.2, 0.25) is 0 Å². The molecule has 164 valence electrons. The van der Waals surface area contributed by atoms with Gasteiger partial charge in [0.2, 0.25) is 5.91 Å². The average Bonchev–Trinajstić information content (AvgIpc) is 2.72. The fraction of sp³-hybridized carbons (Fsp3) is 0.409. The molecular weight excluding hydrogens is 404 g/mol. The molecule has 0 saturated heterocycles. The van der Waals surface area contributed by atoms with Crippen LogP contribution in [-0.2, 0) is 26.0 Å². The molecule has 2 aromatic carbocycles. The summed E-state index contributed by atoms with van der Waals surface area (Å²) in [6.45, 7) is 5.58. The number of carbonyl (C=O) groups is 1. The number of ether oxygens (including phenoxy) is 2. The van der Waals surface area contributed by atoms with E-state index in [1.54, 1.807) is 51.3 Å². The predicted molar refractivity (Wildman–Crippen MR) is 118 cm³/mol. The minimum Gasteiger partial charge on any atom is -0.495 e. The van der Waals surface area contributed by atoms with Crippen LogP contribution < -0.4 is 14.4 Å². The number of amides is 1. The van der Waals surface area contributed by atoms with Crippen LogP contribution in [0.15, 0.2) is 47.4 Å². The zero-order valence-electron chi connectivity index (χ0n) is 18.1. The van der Waals surface area contributed by atoms with Gasteiger partial charge in [0.25, 0.3) is 10.0 Å². The van der Waals surface area contributed by atoms with Crippen molar-refractivity contribution in [2.24, 2.45) is 0 Å². The number of nitrogens with one attached hydrogen (secondary N) is 1. The molecule has 0 fully saturated rings. The van der Waals surface area contributed by atoms with Crippen molar-refractivity contribution in [3.05, 3.63) is 53.6 Å². The lowest BCUT2D eigenvalue weighted by Crippen LogP contribution is -2.44. The topological polar surface area (TPSA) is 84.9 Å². The Bertz CT molecular complexity index is 958. The number of aryl methyl sites for hydroxylation is 2. The average molecular weight is 435 g/mol. The molecule has 0 saturated carbocycles. The molecule has 0 radical (unpaired) electrons. The van der Waals surface area contributed by atoms with Gasteiger partial charge >= 0.3 is 0 Å². The van der Waals surface area contributed by atoms with Crippen LogP contribution in [0.1, 0.15) is 25.0 Å². The second-order valence-corrected chi connectivity index (χ2v) is 8.94. The van der Waals surface area contributed by atoms with E-state index >= 15 is 0 Å². The number of benzene rings is 2. The molecule has 0 aliphatic heterocycles. The minimum absolute atomic E-state index is 0.0160. The third kappa shape index (κ3) is 5.73. The molecular formula is C22H30N2O5S. The summed E-state index contributed by atoms with van der Waals surface area (Å²) in [5.74, 6) is -0.196. The lowest BCUT2D eigenvalue weighted by molar-refractivity contribution is -0.120. The van der Waals surface area contributed by atoms with Crippen molar-refractivity contribution < 1.29 is 22.7 Å². The van der Waals surface area contributed by atoms with Crippen molar-refractivity contribution in [3.8, 4) is 5.75 Å². The maximum atomic E-state index is 13.6. The smallest absolute Gasteiger partial charge is 0.268 e. The molecule has 8 heteroatoms. The predicted octanol–water partition coefficient (Wildman–Crippen LogP) is 2.91. The molecule has 0 heterocycles. The maximum Gasteiger partial charge on any atom is 0.268 e. The van der Waals surface area contributed by atoms with Gasteiger partial charge < -0.3 is 14.8 Å². The summed E-state index contributed by atoms with van der Waals surface area (Å²) < 4.78 is 38.6. The van der Waals surface area contributed by atoms with Gasteiger partial charge in [-0.05, 0) is 55.7 Å². The first-order valence-electron chi connectivity index (χ1n) is 9.77. The van der Waals surface area contributed by atoms with Crippen LogP contribution in [0.5, 0.6) is 5.75 Å². The normalized spacial score (nSPS) is 12.3. The van der Waals surface area contributed by atoms with E-state index in [4.69, 9.17) is 9.47 Å². The number of hydrogen-bond donors (Lipinski definition) is 1. The lowest BCUT2D eigenvalue weighted by atomic mass is 10.1. The van der Waals surface area contributed by atoms with Crippen molar-refractivity contribution in [2.45, 2.75) is 38.1 Å². The molecule has 0 aliphatic carbocycles. The van der Waals surface area contributed by atoms with Gasteiger partial charge in [-0.25, -0.2) is 8.42 Å². The van der Waals surface area contributed by atoms with Gasteiger partial charge in [0.1, 0.15) is 17.2 Å². The Balaban J connectivity index is 2.49. The first-order valence-corrected chi connectivity index (χ1v) is 11.2. The van der Waals surface area contributed by atoms with Crippen molar-refractivity contribution in [1.29, 1.82) is 0 Å². The van der Waals surface area contributed by atoms with Crippen LogP contribution >= 0.6 is 0 Å². The second-order valence-electron chi connectivity index (χ2n) is 7.11. The number of carbonyl (C=O) groups excluding carboxylic acids is 1. The molecule has 0 unspecified atom stereocenters. The molecule has 0 aromatic heterocycles. The van der Waals surface area contributed by atoms with Crippen LogP contribution in [0.25, 0.3) is 0 Å². The van der Waals surface area contributed by atoms with Crippen molar-refractivity contribution in [2.75, 3.05) is 31.7 Å². The molecule has 1 N–H and O–H groups in total. The number of sulfonamides is 1. The monoisotopic (exact) mass is 434 g/mol. The highest BCUT2D eigenvalue weighted by Gasteiger charge is 2.30. The minimum atomic E-state index is -4.07. The first kappa shape index (κ1) is 23.7. The second kappa shape index (κ2) is 10.4. The quantitative estimate of drug-likeness (QED) is 0.622. The standard InChI is InChI=1S/C22H30N2O5S/c1-6-18-8-10-19(11-9-18)24(14-22(25)23-17(3)15-28-4)30(26,27)21-13-16(2)7-12-20(21)29-5/h7-13,17H,6,14-15H2,1-5H3,(H,23,25)/t17-/m1/s1. The van der Waals surface area contributed by atoms with Crippen LogP contribution in [-0.4, -0.2) is 47.7 Å². The highest BCUT2D eigenvalue weighted by Crippen LogP contribution is 2.31. The van der Waals surface area contributed by atoms with E-state index < -0.39 is 15.9 Å².